The van der Waals surface area contributed by atoms with Gasteiger partial charge < -0.3 is 14.1 Å². The van der Waals surface area contributed by atoms with Crippen molar-refractivity contribution in [1.29, 1.82) is 0 Å². The van der Waals surface area contributed by atoms with Gasteiger partial charge in [-0.15, -0.1) is 10.2 Å². The highest BCUT2D eigenvalue weighted by Gasteiger charge is 2.24. The second-order valence-corrected chi connectivity index (χ2v) is 7.39. The first-order valence-corrected chi connectivity index (χ1v) is 9.48. The number of hydrogen-bond donors (Lipinski definition) is 0. The molecule has 0 N–H and O–H groups in total. The molecule has 7 heteroatoms. The van der Waals surface area contributed by atoms with E-state index >= 15 is 0 Å². The SMILES string of the molecule is COc1ccc(-c2nnc(S[C@H](C)C(=O)N3CCCCCC3)o2)cc1. The molecule has 0 radical (unpaired) electrons. The largest absolute Gasteiger partial charge is 0.497 e. The van der Waals surface area contributed by atoms with E-state index in [1.165, 1.54) is 24.6 Å². The highest BCUT2D eigenvalue weighted by molar-refractivity contribution is 8.00. The van der Waals surface area contributed by atoms with E-state index in [1.54, 1.807) is 7.11 Å². The lowest BCUT2D eigenvalue weighted by Gasteiger charge is -2.23. The smallest absolute Gasteiger partial charge is 0.277 e. The molecule has 0 unspecified atom stereocenters. The van der Waals surface area contributed by atoms with Crippen molar-refractivity contribution >= 4 is 17.7 Å². The molecule has 134 valence electrons. The van der Waals surface area contributed by atoms with Crippen LogP contribution in [0.5, 0.6) is 5.75 Å². The summed E-state index contributed by atoms with van der Waals surface area (Å²) >= 11 is 1.32. The Labute approximate surface area is 151 Å². The first kappa shape index (κ1) is 17.8. The summed E-state index contributed by atoms with van der Waals surface area (Å²) in [5, 5.41) is 8.33. The van der Waals surface area contributed by atoms with Gasteiger partial charge >= 0.3 is 0 Å². The fraction of sp³-hybridized carbons (Fsp3) is 0.500. The fourth-order valence-electron chi connectivity index (χ4n) is 2.86. The predicted octanol–water partition coefficient (Wildman–Crippen LogP) is 3.63. The Morgan fingerprint density at radius 1 is 1.16 bits per heavy atom. The zero-order chi connectivity index (χ0) is 17.6. The van der Waals surface area contributed by atoms with E-state index in [0.717, 1.165) is 37.2 Å². The molecule has 0 spiro atoms. The Hall–Kier alpha value is -2.02. The number of thioether (sulfide) groups is 1. The zero-order valence-corrected chi connectivity index (χ0v) is 15.4. The molecule has 0 bridgehead atoms. The van der Waals surface area contributed by atoms with Gasteiger partial charge in [-0.2, -0.15) is 0 Å². The molecule has 2 aromatic rings. The lowest BCUT2D eigenvalue weighted by atomic mass is 10.2. The summed E-state index contributed by atoms with van der Waals surface area (Å²) in [5.74, 6) is 1.37. The maximum atomic E-state index is 12.6. The third kappa shape index (κ3) is 4.54. The first-order chi connectivity index (χ1) is 12.2. The number of amides is 1. The second-order valence-electron chi connectivity index (χ2n) is 6.10. The van der Waals surface area contributed by atoms with Crippen molar-refractivity contribution in [1.82, 2.24) is 15.1 Å². The average molecular weight is 361 g/mol. The molecule has 2 heterocycles. The zero-order valence-electron chi connectivity index (χ0n) is 14.6. The van der Waals surface area contributed by atoms with Crippen LogP contribution in [-0.2, 0) is 4.79 Å². The van der Waals surface area contributed by atoms with Crippen LogP contribution in [0.4, 0.5) is 0 Å². The van der Waals surface area contributed by atoms with Gasteiger partial charge in [0.25, 0.3) is 5.22 Å². The third-order valence-corrected chi connectivity index (χ3v) is 5.21. The molecule has 1 aromatic carbocycles. The van der Waals surface area contributed by atoms with Crippen molar-refractivity contribution < 1.29 is 13.9 Å². The maximum Gasteiger partial charge on any atom is 0.277 e. The third-order valence-electron chi connectivity index (χ3n) is 4.29. The topological polar surface area (TPSA) is 68.5 Å². The molecule has 1 atom stereocenters. The van der Waals surface area contributed by atoms with E-state index in [9.17, 15) is 4.79 Å². The van der Waals surface area contributed by atoms with Crippen LogP contribution in [0.2, 0.25) is 0 Å². The summed E-state index contributed by atoms with van der Waals surface area (Å²) in [7, 11) is 1.62. The minimum absolute atomic E-state index is 0.149. The summed E-state index contributed by atoms with van der Waals surface area (Å²) in [6.07, 6.45) is 4.59. The van der Waals surface area contributed by atoms with Crippen LogP contribution in [0.25, 0.3) is 11.5 Å². The summed E-state index contributed by atoms with van der Waals surface area (Å²) in [6, 6.07) is 7.43. The highest BCUT2D eigenvalue weighted by Crippen LogP contribution is 2.28. The van der Waals surface area contributed by atoms with Crippen molar-refractivity contribution in [3.63, 3.8) is 0 Å². The van der Waals surface area contributed by atoms with Gasteiger partial charge in [-0.3, -0.25) is 4.79 Å². The second kappa shape index (κ2) is 8.38. The summed E-state index contributed by atoms with van der Waals surface area (Å²) in [6.45, 7) is 3.60. The molecule has 1 saturated heterocycles. The lowest BCUT2D eigenvalue weighted by Crippen LogP contribution is -2.37. The monoisotopic (exact) mass is 361 g/mol. The Morgan fingerprint density at radius 3 is 2.48 bits per heavy atom. The number of carbonyl (C=O) groups excluding carboxylic acids is 1. The van der Waals surface area contributed by atoms with E-state index in [2.05, 4.69) is 10.2 Å². The number of rotatable bonds is 5. The van der Waals surface area contributed by atoms with E-state index in [-0.39, 0.29) is 11.2 Å². The molecule has 1 aromatic heterocycles. The number of carbonyl (C=O) groups is 1. The molecular formula is C18H23N3O3S. The number of aromatic nitrogens is 2. The first-order valence-electron chi connectivity index (χ1n) is 8.61. The summed E-state index contributed by atoms with van der Waals surface area (Å²) in [4.78, 5) is 14.6. The van der Waals surface area contributed by atoms with Gasteiger partial charge in [0.1, 0.15) is 5.75 Å². The Kier molecular flexibility index (Phi) is 5.96. The lowest BCUT2D eigenvalue weighted by molar-refractivity contribution is -0.130. The number of hydrogen-bond acceptors (Lipinski definition) is 6. The van der Waals surface area contributed by atoms with Gasteiger partial charge in [-0.25, -0.2) is 0 Å². The molecule has 6 nitrogen and oxygen atoms in total. The normalized spacial score (nSPS) is 16.3. The molecular weight excluding hydrogens is 338 g/mol. The Morgan fingerprint density at radius 2 is 1.84 bits per heavy atom. The van der Waals surface area contributed by atoms with Gasteiger partial charge in [0, 0.05) is 18.7 Å². The van der Waals surface area contributed by atoms with E-state index in [0.29, 0.717) is 11.1 Å². The number of methoxy groups -OCH3 is 1. The van der Waals surface area contributed by atoms with E-state index < -0.39 is 0 Å². The molecule has 1 aliphatic rings. The molecule has 25 heavy (non-hydrogen) atoms. The minimum Gasteiger partial charge on any atom is -0.497 e. The van der Waals surface area contributed by atoms with Crippen molar-refractivity contribution in [2.45, 2.75) is 43.1 Å². The summed E-state index contributed by atoms with van der Waals surface area (Å²) < 4.78 is 10.8. The van der Waals surface area contributed by atoms with Crippen LogP contribution in [0.3, 0.4) is 0 Å². The predicted molar refractivity (Wildman–Crippen MR) is 96.7 cm³/mol. The maximum absolute atomic E-state index is 12.6. The van der Waals surface area contributed by atoms with Crippen molar-refractivity contribution in [3.8, 4) is 17.2 Å². The number of benzene rings is 1. The molecule has 0 aliphatic carbocycles. The molecule has 3 rings (SSSR count). The van der Waals surface area contributed by atoms with Gasteiger partial charge in [-0.1, -0.05) is 24.6 Å². The van der Waals surface area contributed by atoms with Gasteiger partial charge in [0.2, 0.25) is 11.8 Å². The molecule has 1 amide bonds. The number of ether oxygens (including phenoxy) is 1. The number of likely N-dealkylation sites (tertiary alicyclic amines) is 1. The van der Waals surface area contributed by atoms with E-state index in [1.807, 2.05) is 36.1 Å². The quantitative estimate of drug-likeness (QED) is 0.758. The Balaban J connectivity index is 1.62. The van der Waals surface area contributed by atoms with E-state index in [4.69, 9.17) is 9.15 Å². The fourth-order valence-corrected chi connectivity index (χ4v) is 3.62. The van der Waals surface area contributed by atoms with Gasteiger partial charge in [-0.05, 0) is 44.0 Å². The average Bonchev–Trinajstić information content (AvgIpc) is 2.93. The van der Waals surface area contributed by atoms with Crippen LogP contribution in [0.15, 0.2) is 33.9 Å². The number of nitrogens with zero attached hydrogens (tertiary/aromatic N) is 3. The van der Waals surface area contributed by atoms with Gasteiger partial charge in [0.15, 0.2) is 0 Å². The molecule has 1 fully saturated rings. The van der Waals surface area contributed by atoms with Crippen molar-refractivity contribution in [2.24, 2.45) is 0 Å². The minimum atomic E-state index is -0.234. The van der Waals surface area contributed by atoms with Crippen LogP contribution in [0, 0.1) is 0 Å². The highest BCUT2D eigenvalue weighted by atomic mass is 32.2. The van der Waals surface area contributed by atoms with Crippen molar-refractivity contribution in [3.05, 3.63) is 24.3 Å². The Bertz CT molecular complexity index is 694. The van der Waals surface area contributed by atoms with Crippen LogP contribution >= 0.6 is 11.8 Å². The summed E-state index contributed by atoms with van der Waals surface area (Å²) in [5.41, 5.74) is 0.826. The standard InChI is InChI=1S/C18H23N3O3S/c1-13(17(22)21-11-5-3-4-6-12-21)25-18-20-19-16(24-18)14-7-9-15(23-2)10-8-14/h7-10,13H,3-6,11-12H2,1-2H3/t13-/m1/s1. The van der Waals surface area contributed by atoms with Gasteiger partial charge in [0.05, 0.1) is 12.4 Å². The molecule has 0 saturated carbocycles. The van der Waals surface area contributed by atoms with Crippen molar-refractivity contribution in [2.75, 3.05) is 20.2 Å². The van der Waals surface area contributed by atoms with Crippen LogP contribution < -0.4 is 4.74 Å². The molecule has 1 aliphatic heterocycles. The van der Waals surface area contributed by atoms with Crippen LogP contribution in [0.1, 0.15) is 32.6 Å². The van der Waals surface area contributed by atoms with Crippen LogP contribution in [-0.4, -0.2) is 46.5 Å².